The molecule has 0 aliphatic carbocycles. The lowest BCUT2D eigenvalue weighted by Crippen LogP contribution is -2.51. The van der Waals surface area contributed by atoms with Crippen molar-refractivity contribution >= 4 is 11.9 Å². The van der Waals surface area contributed by atoms with Crippen LogP contribution < -0.4 is 10.6 Å². The standard InChI is InChI=1S/C13H20N2O5/c1-12(2,3)20-11(18)8-14-9-5-4-6-15-13(9,19)7-10(16)17/h4-6,14-15,19H,7-8H2,1-3H3,(H,16,17). The van der Waals surface area contributed by atoms with Gasteiger partial charge in [-0.05, 0) is 39.1 Å². The summed E-state index contributed by atoms with van der Waals surface area (Å²) < 4.78 is 5.11. The van der Waals surface area contributed by atoms with Gasteiger partial charge in [0.2, 0.25) is 0 Å². The van der Waals surface area contributed by atoms with E-state index in [1.165, 1.54) is 12.3 Å². The summed E-state index contributed by atoms with van der Waals surface area (Å²) in [6, 6.07) is 0. The van der Waals surface area contributed by atoms with Gasteiger partial charge in [0.05, 0.1) is 12.1 Å². The summed E-state index contributed by atoms with van der Waals surface area (Å²) >= 11 is 0. The van der Waals surface area contributed by atoms with Crippen molar-refractivity contribution in [2.45, 2.75) is 38.5 Å². The number of carboxylic acids is 1. The van der Waals surface area contributed by atoms with E-state index in [2.05, 4.69) is 10.6 Å². The monoisotopic (exact) mass is 284 g/mol. The highest BCUT2D eigenvalue weighted by atomic mass is 16.6. The number of aliphatic hydroxyl groups is 1. The Morgan fingerprint density at radius 1 is 1.45 bits per heavy atom. The first-order valence-electron chi connectivity index (χ1n) is 6.17. The molecule has 1 aliphatic rings. The first-order valence-corrected chi connectivity index (χ1v) is 6.17. The molecule has 4 N–H and O–H groups in total. The Balaban J connectivity index is 2.64. The van der Waals surface area contributed by atoms with Crippen LogP contribution in [-0.4, -0.2) is 40.0 Å². The van der Waals surface area contributed by atoms with E-state index in [0.29, 0.717) is 0 Å². The van der Waals surface area contributed by atoms with Gasteiger partial charge in [-0.25, -0.2) is 0 Å². The van der Waals surface area contributed by atoms with Crippen LogP contribution in [0.2, 0.25) is 0 Å². The summed E-state index contributed by atoms with van der Waals surface area (Å²) in [5.74, 6) is -1.66. The molecule has 0 fully saturated rings. The maximum atomic E-state index is 11.6. The molecule has 1 heterocycles. The van der Waals surface area contributed by atoms with Crippen LogP contribution in [0.5, 0.6) is 0 Å². The number of carbonyl (C=O) groups excluding carboxylic acids is 1. The molecule has 1 aliphatic heterocycles. The fourth-order valence-corrected chi connectivity index (χ4v) is 1.66. The molecule has 0 saturated heterocycles. The van der Waals surface area contributed by atoms with E-state index in [0.717, 1.165) is 0 Å². The third-order valence-corrected chi connectivity index (χ3v) is 2.38. The van der Waals surface area contributed by atoms with Crippen LogP contribution in [0, 0.1) is 0 Å². The zero-order valence-corrected chi connectivity index (χ0v) is 11.8. The smallest absolute Gasteiger partial charge is 0.325 e. The maximum Gasteiger partial charge on any atom is 0.325 e. The van der Waals surface area contributed by atoms with Crippen LogP contribution >= 0.6 is 0 Å². The quantitative estimate of drug-likeness (QED) is 0.529. The second kappa shape index (κ2) is 5.96. The summed E-state index contributed by atoms with van der Waals surface area (Å²) in [6.45, 7) is 5.07. The second-order valence-corrected chi connectivity index (χ2v) is 5.45. The summed E-state index contributed by atoms with van der Waals surface area (Å²) in [7, 11) is 0. The highest BCUT2D eigenvalue weighted by Crippen LogP contribution is 2.19. The third-order valence-electron chi connectivity index (χ3n) is 2.38. The average molecular weight is 284 g/mol. The topological polar surface area (TPSA) is 108 Å². The first kappa shape index (κ1) is 16.0. The van der Waals surface area contributed by atoms with Crippen molar-refractivity contribution in [2.24, 2.45) is 0 Å². The average Bonchev–Trinajstić information content (AvgIpc) is 2.24. The van der Waals surface area contributed by atoms with Crippen LogP contribution in [0.15, 0.2) is 24.0 Å². The van der Waals surface area contributed by atoms with E-state index in [1.807, 2.05) is 0 Å². The molecule has 0 spiro atoms. The molecular formula is C13H20N2O5. The highest BCUT2D eigenvalue weighted by molar-refractivity contribution is 5.73. The van der Waals surface area contributed by atoms with Crippen molar-refractivity contribution in [3.8, 4) is 0 Å². The maximum absolute atomic E-state index is 11.6. The van der Waals surface area contributed by atoms with Gasteiger partial charge in [0.15, 0.2) is 5.72 Å². The van der Waals surface area contributed by atoms with Gasteiger partial charge in [-0.2, -0.15) is 0 Å². The Morgan fingerprint density at radius 2 is 2.10 bits per heavy atom. The number of aliphatic carboxylic acids is 1. The van der Waals surface area contributed by atoms with E-state index < -0.39 is 29.7 Å². The number of rotatable bonds is 5. The lowest BCUT2D eigenvalue weighted by atomic mass is 10.0. The molecule has 20 heavy (non-hydrogen) atoms. The van der Waals surface area contributed by atoms with Gasteiger partial charge >= 0.3 is 11.9 Å². The van der Waals surface area contributed by atoms with E-state index >= 15 is 0 Å². The highest BCUT2D eigenvalue weighted by Gasteiger charge is 2.35. The molecule has 0 radical (unpaired) electrons. The Bertz CT molecular complexity index is 450. The van der Waals surface area contributed by atoms with Crippen molar-refractivity contribution < 1.29 is 24.5 Å². The molecule has 0 aromatic heterocycles. The van der Waals surface area contributed by atoms with Crippen LogP contribution in [-0.2, 0) is 14.3 Å². The molecule has 7 heteroatoms. The number of dihydropyridines is 1. The van der Waals surface area contributed by atoms with E-state index in [1.54, 1.807) is 26.8 Å². The zero-order valence-electron chi connectivity index (χ0n) is 11.8. The van der Waals surface area contributed by atoms with Gasteiger partial charge in [-0.15, -0.1) is 0 Å². The lowest BCUT2D eigenvalue weighted by molar-refractivity contribution is -0.153. The zero-order chi connectivity index (χ0) is 15.4. The number of esters is 1. The molecule has 0 saturated carbocycles. The second-order valence-electron chi connectivity index (χ2n) is 5.45. The van der Waals surface area contributed by atoms with Crippen molar-refractivity contribution in [3.63, 3.8) is 0 Å². The van der Waals surface area contributed by atoms with Crippen LogP contribution in [0.25, 0.3) is 0 Å². The van der Waals surface area contributed by atoms with Gasteiger partial charge in [-0.3, -0.25) is 9.59 Å². The first-order chi connectivity index (χ1) is 9.12. The van der Waals surface area contributed by atoms with Crippen molar-refractivity contribution in [1.82, 2.24) is 10.6 Å². The van der Waals surface area contributed by atoms with Gasteiger partial charge in [0, 0.05) is 0 Å². The Kier molecular flexibility index (Phi) is 4.78. The van der Waals surface area contributed by atoms with Crippen LogP contribution in [0.3, 0.4) is 0 Å². The number of ether oxygens (including phenoxy) is 1. The molecule has 0 amide bonds. The summed E-state index contributed by atoms with van der Waals surface area (Å²) in [5, 5.41) is 24.3. The molecule has 7 nitrogen and oxygen atoms in total. The minimum atomic E-state index is -1.76. The summed E-state index contributed by atoms with van der Waals surface area (Å²) in [5.41, 5.74) is -2.16. The Morgan fingerprint density at radius 3 is 2.65 bits per heavy atom. The molecule has 0 aromatic rings. The molecule has 1 unspecified atom stereocenters. The fraction of sp³-hybridized carbons (Fsp3) is 0.538. The van der Waals surface area contributed by atoms with Crippen LogP contribution in [0.4, 0.5) is 0 Å². The largest absolute Gasteiger partial charge is 0.481 e. The number of hydrogen-bond acceptors (Lipinski definition) is 6. The van der Waals surface area contributed by atoms with Gasteiger partial charge in [0.1, 0.15) is 12.1 Å². The molecule has 1 atom stereocenters. The molecule has 1 rings (SSSR count). The predicted octanol–water partition coefficient (Wildman–Crippen LogP) is 0.0818. The van der Waals surface area contributed by atoms with E-state index in [-0.39, 0.29) is 12.2 Å². The van der Waals surface area contributed by atoms with E-state index in [9.17, 15) is 14.7 Å². The van der Waals surface area contributed by atoms with Gasteiger partial charge < -0.3 is 25.6 Å². The number of carbonyl (C=O) groups is 2. The van der Waals surface area contributed by atoms with Gasteiger partial charge in [-0.1, -0.05) is 0 Å². The third kappa shape index (κ3) is 4.93. The predicted molar refractivity (Wildman–Crippen MR) is 71.4 cm³/mol. The van der Waals surface area contributed by atoms with Crippen molar-refractivity contribution in [2.75, 3.05) is 6.54 Å². The normalized spacial score (nSPS) is 21.7. The van der Waals surface area contributed by atoms with Gasteiger partial charge in [0.25, 0.3) is 0 Å². The lowest BCUT2D eigenvalue weighted by Gasteiger charge is -2.32. The summed E-state index contributed by atoms with van der Waals surface area (Å²) in [4.78, 5) is 22.4. The number of carboxylic acid groups (broad SMARTS) is 1. The van der Waals surface area contributed by atoms with Crippen molar-refractivity contribution in [1.29, 1.82) is 0 Å². The molecule has 0 bridgehead atoms. The molecule has 112 valence electrons. The SMILES string of the molecule is CC(C)(C)OC(=O)CNC1=CC=CNC1(O)CC(=O)O. The number of allylic oxidation sites excluding steroid dienone is 2. The number of nitrogens with one attached hydrogen (secondary N) is 2. The minimum Gasteiger partial charge on any atom is -0.481 e. The Labute approximate surface area is 117 Å². The molecular weight excluding hydrogens is 264 g/mol. The molecule has 0 aromatic carbocycles. The Hall–Kier alpha value is -2.02. The number of hydrogen-bond donors (Lipinski definition) is 4. The minimum absolute atomic E-state index is 0.166. The van der Waals surface area contributed by atoms with Crippen LogP contribution in [0.1, 0.15) is 27.2 Å². The van der Waals surface area contributed by atoms with E-state index in [4.69, 9.17) is 9.84 Å². The fourth-order valence-electron chi connectivity index (χ4n) is 1.66. The van der Waals surface area contributed by atoms with Crippen molar-refractivity contribution in [3.05, 3.63) is 24.0 Å². The summed E-state index contributed by atoms with van der Waals surface area (Å²) in [6.07, 6.45) is 3.99.